The molecule has 0 saturated carbocycles. The Balaban J connectivity index is 1.82. The maximum absolute atomic E-state index is 13.7. The van der Waals surface area contributed by atoms with Crippen molar-refractivity contribution < 1.29 is 38.1 Å². The number of aromatic nitrogens is 2. The average molecular weight is 548 g/mol. The van der Waals surface area contributed by atoms with Crippen LogP contribution in [-0.2, 0) is 19.1 Å². The lowest BCUT2D eigenvalue weighted by atomic mass is 9.99. The molecule has 2 N–H and O–H groups in total. The van der Waals surface area contributed by atoms with E-state index in [-0.39, 0.29) is 44.2 Å². The number of hydrogen-bond acceptors (Lipinski definition) is 8. The zero-order chi connectivity index (χ0) is 28.9. The van der Waals surface area contributed by atoms with E-state index < -0.39 is 53.1 Å². The second-order valence-electron chi connectivity index (χ2n) is 10.1. The summed E-state index contributed by atoms with van der Waals surface area (Å²) in [7, 11) is 0. The van der Waals surface area contributed by atoms with Crippen molar-refractivity contribution in [1.29, 1.82) is 0 Å². The fourth-order valence-electron chi connectivity index (χ4n) is 3.95. The van der Waals surface area contributed by atoms with Crippen LogP contribution in [0, 0.1) is 11.7 Å². The van der Waals surface area contributed by atoms with Gasteiger partial charge >= 0.3 is 12.1 Å². The van der Waals surface area contributed by atoms with Gasteiger partial charge in [0.2, 0.25) is 11.8 Å². The summed E-state index contributed by atoms with van der Waals surface area (Å²) >= 11 is 0. The van der Waals surface area contributed by atoms with Gasteiger partial charge < -0.3 is 29.7 Å². The highest BCUT2D eigenvalue weighted by molar-refractivity contribution is 5.98. The summed E-state index contributed by atoms with van der Waals surface area (Å²) in [6.07, 6.45) is -0.481. The Hall–Kier alpha value is -4.16. The number of amides is 3. The van der Waals surface area contributed by atoms with Crippen LogP contribution in [0.15, 0.2) is 30.3 Å². The van der Waals surface area contributed by atoms with E-state index in [4.69, 9.17) is 9.47 Å². The molecule has 3 amide bonds. The molecule has 2 aromatic rings. The van der Waals surface area contributed by atoms with Crippen molar-refractivity contribution >= 4 is 23.9 Å². The van der Waals surface area contributed by atoms with E-state index in [1.54, 1.807) is 27.7 Å². The smallest absolute Gasteiger partial charge is 0.409 e. The molecule has 0 radical (unpaired) electrons. The fraction of sp³-hybridized carbons (Fsp3) is 0.500. The molecular formula is C26H34FN5O7. The molecule has 2 heterocycles. The van der Waals surface area contributed by atoms with E-state index >= 15 is 0 Å². The molecule has 1 aliphatic heterocycles. The number of esters is 1. The predicted octanol–water partition coefficient (Wildman–Crippen LogP) is 2.09. The van der Waals surface area contributed by atoms with Crippen LogP contribution >= 0.6 is 0 Å². The van der Waals surface area contributed by atoms with E-state index in [1.165, 1.54) is 34.9 Å². The molecular weight excluding hydrogens is 513 g/mol. The van der Waals surface area contributed by atoms with Crippen LogP contribution in [-0.4, -0.2) is 93.0 Å². The number of aromatic hydroxyl groups is 1. The van der Waals surface area contributed by atoms with Gasteiger partial charge in [-0.2, -0.15) is 5.10 Å². The molecule has 3 rings (SSSR count). The van der Waals surface area contributed by atoms with Gasteiger partial charge in [0, 0.05) is 32.2 Å². The number of rotatable bonds is 7. The normalized spacial score (nSPS) is 15.3. The van der Waals surface area contributed by atoms with Crippen molar-refractivity contribution in [3.63, 3.8) is 0 Å². The number of halogens is 1. The van der Waals surface area contributed by atoms with Gasteiger partial charge in [0.05, 0.1) is 18.2 Å². The maximum atomic E-state index is 13.7. The van der Waals surface area contributed by atoms with E-state index in [1.807, 2.05) is 0 Å². The lowest BCUT2D eigenvalue weighted by Crippen LogP contribution is -2.58. The molecule has 39 heavy (non-hydrogen) atoms. The minimum atomic E-state index is -1.33. The number of ether oxygens (including phenoxy) is 2. The summed E-state index contributed by atoms with van der Waals surface area (Å²) < 4.78 is 25.1. The minimum absolute atomic E-state index is 0.167. The molecule has 0 aliphatic carbocycles. The fourth-order valence-corrected chi connectivity index (χ4v) is 3.95. The molecule has 1 aromatic heterocycles. The molecule has 1 saturated heterocycles. The SMILES string of the molecule is CCOC(=O)N1CCN(C(=O)C(NC(=O)c2cc(O)n(-c3cccc(F)c3)n2)C(C)C(=O)OC(C)(C)C)CC1. The molecule has 212 valence electrons. The van der Waals surface area contributed by atoms with Crippen LogP contribution in [0.3, 0.4) is 0 Å². The molecule has 13 heteroatoms. The lowest BCUT2D eigenvalue weighted by molar-refractivity contribution is -0.162. The number of nitrogens with one attached hydrogen (secondary N) is 1. The van der Waals surface area contributed by atoms with Crippen LogP contribution in [0.2, 0.25) is 0 Å². The van der Waals surface area contributed by atoms with Gasteiger partial charge in [-0.1, -0.05) is 6.07 Å². The van der Waals surface area contributed by atoms with Crippen LogP contribution in [0.5, 0.6) is 5.88 Å². The van der Waals surface area contributed by atoms with Crippen LogP contribution in [0.25, 0.3) is 5.69 Å². The van der Waals surface area contributed by atoms with E-state index in [0.717, 1.165) is 16.8 Å². The second kappa shape index (κ2) is 12.1. The zero-order valence-electron chi connectivity index (χ0n) is 22.6. The Morgan fingerprint density at radius 3 is 2.33 bits per heavy atom. The third-order valence-corrected chi connectivity index (χ3v) is 5.92. The van der Waals surface area contributed by atoms with Crippen molar-refractivity contribution in [3.8, 4) is 11.6 Å². The van der Waals surface area contributed by atoms with Gasteiger partial charge in [-0.3, -0.25) is 14.4 Å². The summed E-state index contributed by atoms with van der Waals surface area (Å²) in [6, 6.07) is 5.00. The highest BCUT2D eigenvalue weighted by Crippen LogP contribution is 2.21. The highest BCUT2D eigenvalue weighted by atomic mass is 19.1. The first-order valence-corrected chi connectivity index (χ1v) is 12.6. The molecule has 12 nitrogen and oxygen atoms in total. The van der Waals surface area contributed by atoms with Gasteiger partial charge in [0.15, 0.2) is 5.69 Å². The lowest BCUT2D eigenvalue weighted by Gasteiger charge is -2.37. The summed E-state index contributed by atoms with van der Waals surface area (Å²) in [5.74, 6) is -4.14. The van der Waals surface area contributed by atoms with Gasteiger partial charge in [-0.25, -0.2) is 13.9 Å². The summed E-state index contributed by atoms with van der Waals surface area (Å²) in [4.78, 5) is 54.6. The highest BCUT2D eigenvalue weighted by Gasteiger charge is 2.38. The Labute approximate surface area is 225 Å². The van der Waals surface area contributed by atoms with Crippen LogP contribution in [0.4, 0.5) is 9.18 Å². The summed E-state index contributed by atoms with van der Waals surface area (Å²) in [5, 5.41) is 16.9. The van der Waals surface area contributed by atoms with Crippen LogP contribution in [0.1, 0.15) is 45.1 Å². The molecule has 2 unspecified atom stereocenters. The van der Waals surface area contributed by atoms with E-state index in [2.05, 4.69) is 10.4 Å². The third kappa shape index (κ3) is 7.45. The minimum Gasteiger partial charge on any atom is -0.493 e. The molecule has 0 bridgehead atoms. The first-order valence-electron chi connectivity index (χ1n) is 12.6. The largest absolute Gasteiger partial charge is 0.493 e. The molecule has 0 spiro atoms. The van der Waals surface area contributed by atoms with E-state index in [9.17, 15) is 28.7 Å². The standard InChI is InChI=1S/C26H34FN5O7/c1-6-38-25(37)31-12-10-30(11-13-31)23(35)21(16(2)24(36)39-26(3,4)5)28-22(34)19-15-20(33)32(29-19)18-9-7-8-17(27)14-18/h7-9,14-16,21,33H,6,10-13H2,1-5H3,(H,28,34). The summed E-state index contributed by atoms with van der Waals surface area (Å²) in [5.41, 5.74) is -0.900. The number of carbonyl (C=O) groups excluding carboxylic acids is 4. The van der Waals surface area contributed by atoms with Crippen LogP contribution < -0.4 is 5.32 Å². The van der Waals surface area contributed by atoms with Crippen molar-refractivity contribution in [2.45, 2.75) is 46.3 Å². The molecule has 1 aromatic carbocycles. The Bertz CT molecular complexity index is 1220. The first kappa shape index (κ1) is 29.4. The predicted molar refractivity (Wildman–Crippen MR) is 137 cm³/mol. The summed E-state index contributed by atoms with van der Waals surface area (Å²) in [6.45, 7) is 9.22. The molecule has 1 fully saturated rings. The van der Waals surface area contributed by atoms with Crippen molar-refractivity contribution in [2.24, 2.45) is 5.92 Å². The Morgan fingerprint density at radius 1 is 1.10 bits per heavy atom. The topological polar surface area (TPSA) is 143 Å². The quantitative estimate of drug-likeness (QED) is 0.502. The van der Waals surface area contributed by atoms with Crippen molar-refractivity contribution in [3.05, 3.63) is 41.8 Å². The van der Waals surface area contributed by atoms with Gasteiger partial charge in [0.1, 0.15) is 17.5 Å². The zero-order valence-corrected chi connectivity index (χ0v) is 22.6. The molecule has 1 aliphatic rings. The van der Waals surface area contributed by atoms with Crippen molar-refractivity contribution in [2.75, 3.05) is 32.8 Å². The van der Waals surface area contributed by atoms with Gasteiger partial charge in [-0.05, 0) is 52.8 Å². The monoisotopic (exact) mass is 547 g/mol. The van der Waals surface area contributed by atoms with E-state index in [0.29, 0.717) is 0 Å². The Morgan fingerprint density at radius 2 is 1.74 bits per heavy atom. The maximum Gasteiger partial charge on any atom is 0.409 e. The number of nitrogens with zero attached hydrogens (tertiary/aromatic N) is 4. The number of piperazine rings is 1. The van der Waals surface area contributed by atoms with Gasteiger partial charge in [-0.15, -0.1) is 0 Å². The number of hydrogen-bond donors (Lipinski definition) is 2. The van der Waals surface area contributed by atoms with Crippen molar-refractivity contribution in [1.82, 2.24) is 24.9 Å². The second-order valence-corrected chi connectivity index (χ2v) is 10.1. The number of carbonyl (C=O) groups is 4. The molecule has 2 atom stereocenters. The number of benzene rings is 1. The Kier molecular flexibility index (Phi) is 9.15. The average Bonchev–Trinajstić information content (AvgIpc) is 3.27. The van der Waals surface area contributed by atoms with Gasteiger partial charge in [0.25, 0.3) is 5.91 Å². The first-order chi connectivity index (χ1) is 18.3. The third-order valence-electron chi connectivity index (χ3n) is 5.92.